The third-order valence-corrected chi connectivity index (χ3v) is 3.54. The molecule has 1 aromatic rings. The molecule has 5 heteroatoms. The molecule has 0 bridgehead atoms. The highest BCUT2D eigenvalue weighted by atomic mass is 19.1. The second-order valence-corrected chi connectivity index (χ2v) is 4.81. The zero-order valence-corrected chi connectivity index (χ0v) is 10.7. The molecule has 1 aliphatic rings. The normalized spacial score (nSPS) is 16.4. The van der Waals surface area contributed by atoms with E-state index in [1.54, 1.807) is 4.90 Å². The first-order valence-corrected chi connectivity index (χ1v) is 6.27. The lowest BCUT2D eigenvalue weighted by Gasteiger charge is -2.30. The number of carbonyl (C=O) groups is 2. The number of nitrogens with zero attached hydrogens (tertiary/aromatic N) is 1. The fraction of sp³-hybridized carbons (Fsp3) is 0.429. The minimum absolute atomic E-state index is 0.000461. The van der Waals surface area contributed by atoms with Crippen LogP contribution in [0.3, 0.4) is 0 Å². The first-order chi connectivity index (χ1) is 8.99. The molecule has 1 fully saturated rings. The number of ketones is 1. The highest BCUT2D eigenvalue weighted by Crippen LogP contribution is 2.26. The molecule has 1 saturated heterocycles. The van der Waals surface area contributed by atoms with E-state index in [0.717, 1.165) is 12.1 Å². The maximum atomic E-state index is 13.1. The van der Waals surface area contributed by atoms with Gasteiger partial charge in [-0.25, -0.2) is 4.39 Å². The van der Waals surface area contributed by atoms with Crippen LogP contribution in [-0.2, 0) is 4.79 Å². The third-order valence-electron chi connectivity index (χ3n) is 3.54. The Hall–Kier alpha value is -1.91. The van der Waals surface area contributed by atoms with Gasteiger partial charge >= 0.3 is 0 Å². The Balaban J connectivity index is 2.09. The molecule has 1 N–H and O–H groups in total. The van der Waals surface area contributed by atoms with Gasteiger partial charge in [0.15, 0.2) is 5.78 Å². The number of phenolic OH excluding ortho intramolecular Hbond substituents is 1. The lowest BCUT2D eigenvalue weighted by atomic mass is 9.88. The summed E-state index contributed by atoms with van der Waals surface area (Å²) in [6.07, 6.45) is 1.10. The van der Waals surface area contributed by atoms with Gasteiger partial charge in [0, 0.05) is 25.9 Å². The fourth-order valence-corrected chi connectivity index (χ4v) is 2.38. The van der Waals surface area contributed by atoms with Crippen LogP contribution in [-0.4, -0.2) is 34.8 Å². The highest BCUT2D eigenvalue weighted by molar-refractivity contribution is 6.00. The van der Waals surface area contributed by atoms with Crippen molar-refractivity contribution in [1.29, 1.82) is 0 Å². The van der Waals surface area contributed by atoms with E-state index in [2.05, 4.69) is 0 Å². The van der Waals surface area contributed by atoms with Gasteiger partial charge in [0.1, 0.15) is 11.6 Å². The molecule has 1 heterocycles. The molecule has 2 rings (SSSR count). The third kappa shape index (κ3) is 2.92. The van der Waals surface area contributed by atoms with E-state index >= 15 is 0 Å². The van der Waals surface area contributed by atoms with Gasteiger partial charge in [-0.1, -0.05) is 0 Å². The van der Waals surface area contributed by atoms with Crippen molar-refractivity contribution in [2.45, 2.75) is 19.8 Å². The van der Waals surface area contributed by atoms with Crippen LogP contribution in [0.15, 0.2) is 18.2 Å². The van der Waals surface area contributed by atoms with Gasteiger partial charge in [-0.2, -0.15) is 0 Å². The van der Waals surface area contributed by atoms with Crippen molar-refractivity contribution in [1.82, 2.24) is 4.90 Å². The Morgan fingerprint density at radius 3 is 2.53 bits per heavy atom. The minimum Gasteiger partial charge on any atom is -0.507 e. The number of Topliss-reactive ketones (excluding diaryl/α,β-unsaturated/α-hetero) is 1. The molecule has 4 nitrogen and oxygen atoms in total. The first kappa shape index (κ1) is 13.5. The summed E-state index contributed by atoms with van der Waals surface area (Å²) in [4.78, 5) is 25.1. The maximum Gasteiger partial charge on any atom is 0.219 e. The van der Waals surface area contributed by atoms with Gasteiger partial charge in [0.2, 0.25) is 5.91 Å². The average Bonchev–Trinajstić information content (AvgIpc) is 2.41. The molecule has 1 aliphatic heterocycles. The molecule has 0 atom stereocenters. The van der Waals surface area contributed by atoms with E-state index in [0.29, 0.717) is 25.9 Å². The summed E-state index contributed by atoms with van der Waals surface area (Å²) in [6, 6.07) is 3.37. The number of likely N-dealkylation sites (tertiary alicyclic amines) is 1. The zero-order valence-electron chi connectivity index (χ0n) is 10.7. The van der Waals surface area contributed by atoms with Crippen LogP contribution in [0.5, 0.6) is 5.75 Å². The van der Waals surface area contributed by atoms with Crippen molar-refractivity contribution in [3.05, 3.63) is 29.6 Å². The molecule has 102 valence electrons. The standard InChI is InChI=1S/C14H16FNO3/c1-9(17)16-6-4-10(5-7-16)14(19)12-8-11(15)2-3-13(12)18/h2-3,8,10,18H,4-7H2,1H3. The van der Waals surface area contributed by atoms with Gasteiger partial charge in [-0.05, 0) is 31.0 Å². The second-order valence-electron chi connectivity index (χ2n) is 4.81. The van der Waals surface area contributed by atoms with Crippen LogP contribution in [0.2, 0.25) is 0 Å². The maximum absolute atomic E-state index is 13.1. The number of benzene rings is 1. The van der Waals surface area contributed by atoms with Crippen LogP contribution in [0.25, 0.3) is 0 Å². The average molecular weight is 265 g/mol. The molecule has 0 radical (unpaired) electrons. The lowest BCUT2D eigenvalue weighted by Crippen LogP contribution is -2.39. The highest BCUT2D eigenvalue weighted by Gasteiger charge is 2.28. The summed E-state index contributed by atoms with van der Waals surface area (Å²) in [5.41, 5.74) is 0.0290. The summed E-state index contributed by atoms with van der Waals surface area (Å²) in [5.74, 6) is -1.24. The molecule has 1 amide bonds. The summed E-state index contributed by atoms with van der Waals surface area (Å²) in [6.45, 7) is 2.56. The van der Waals surface area contributed by atoms with Crippen LogP contribution in [0.1, 0.15) is 30.1 Å². The Morgan fingerprint density at radius 2 is 1.95 bits per heavy atom. The van der Waals surface area contributed by atoms with E-state index in [1.165, 1.54) is 13.0 Å². The van der Waals surface area contributed by atoms with Crippen LogP contribution in [0, 0.1) is 11.7 Å². The molecule has 0 saturated carbocycles. The van der Waals surface area contributed by atoms with Crippen molar-refractivity contribution in [2.24, 2.45) is 5.92 Å². The first-order valence-electron chi connectivity index (χ1n) is 6.27. The van der Waals surface area contributed by atoms with Gasteiger partial charge in [0.25, 0.3) is 0 Å². The van der Waals surface area contributed by atoms with E-state index in [4.69, 9.17) is 0 Å². The molecular weight excluding hydrogens is 249 g/mol. The SMILES string of the molecule is CC(=O)N1CCC(C(=O)c2cc(F)ccc2O)CC1. The van der Waals surface area contributed by atoms with Crippen LogP contribution >= 0.6 is 0 Å². The van der Waals surface area contributed by atoms with Crippen molar-refractivity contribution in [3.63, 3.8) is 0 Å². The topological polar surface area (TPSA) is 57.6 Å². The summed E-state index contributed by atoms with van der Waals surface area (Å²) in [7, 11) is 0. The number of hydrogen-bond donors (Lipinski definition) is 1. The van der Waals surface area contributed by atoms with Crippen LogP contribution in [0.4, 0.5) is 4.39 Å². The number of piperidine rings is 1. The van der Waals surface area contributed by atoms with E-state index in [9.17, 15) is 19.1 Å². The Labute approximate surface area is 110 Å². The van der Waals surface area contributed by atoms with Gasteiger partial charge in [-0.3, -0.25) is 9.59 Å². The van der Waals surface area contributed by atoms with Crippen molar-refractivity contribution in [3.8, 4) is 5.75 Å². The van der Waals surface area contributed by atoms with Crippen LogP contribution < -0.4 is 0 Å². The molecule has 0 aliphatic carbocycles. The number of hydrogen-bond acceptors (Lipinski definition) is 3. The molecule has 0 unspecified atom stereocenters. The Morgan fingerprint density at radius 1 is 1.32 bits per heavy atom. The molecule has 19 heavy (non-hydrogen) atoms. The lowest BCUT2D eigenvalue weighted by molar-refractivity contribution is -0.130. The van der Waals surface area contributed by atoms with E-state index < -0.39 is 5.82 Å². The summed E-state index contributed by atoms with van der Waals surface area (Å²) >= 11 is 0. The van der Waals surface area contributed by atoms with E-state index in [-0.39, 0.29) is 28.9 Å². The smallest absolute Gasteiger partial charge is 0.219 e. The number of aromatic hydroxyl groups is 1. The largest absolute Gasteiger partial charge is 0.507 e. The van der Waals surface area contributed by atoms with Crippen molar-refractivity contribution >= 4 is 11.7 Å². The summed E-state index contributed by atoms with van der Waals surface area (Å²) < 4.78 is 13.1. The predicted octanol–water partition coefficient (Wildman–Crippen LogP) is 1.97. The Kier molecular flexibility index (Phi) is 3.83. The van der Waals surface area contributed by atoms with Crippen molar-refractivity contribution < 1.29 is 19.1 Å². The predicted molar refractivity (Wildman–Crippen MR) is 67.4 cm³/mol. The monoisotopic (exact) mass is 265 g/mol. The number of carbonyl (C=O) groups excluding carboxylic acids is 2. The fourth-order valence-electron chi connectivity index (χ4n) is 2.38. The molecule has 0 aromatic heterocycles. The zero-order chi connectivity index (χ0) is 14.0. The Bertz CT molecular complexity index is 507. The minimum atomic E-state index is -0.540. The number of phenols is 1. The molecular formula is C14H16FNO3. The van der Waals surface area contributed by atoms with Gasteiger partial charge < -0.3 is 10.0 Å². The van der Waals surface area contributed by atoms with Crippen molar-refractivity contribution in [2.75, 3.05) is 13.1 Å². The van der Waals surface area contributed by atoms with Gasteiger partial charge in [0.05, 0.1) is 5.56 Å². The molecule has 1 aromatic carbocycles. The number of amides is 1. The molecule has 0 spiro atoms. The number of rotatable bonds is 2. The van der Waals surface area contributed by atoms with Gasteiger partial charge in [-0.15, -0.1) is 0 Å². The second kappa shape index (κ2) is 5.38. The quantitative estimate of drug-likeness (QED) is 0.832. The van der Waals surface area contributed by atoms with E-state index in [1.807, 2.05) is 0 Å². The summed E-state index contributed by atoms with van der Waals surface area (Å²) in [5, 5.41) is 9.62. The number of halogens is 1.